The highest BCUT2D eigenvalue weighted by Gasteiger charge is 2.08. The van der Waals surface area contributed by atoms with E-state index in [-0.39, 0.29) is 5.56 Å². The molecule has 0 spiro atoms. The number of rotatable bonds is 8. The molecule has 0 aromatic heterocycles. The van der Waals surface area contributed by atoms with Crippen LogP contribution < -0.4 is 0 Å². The third-order valence-corrected chi connectivity index (χ3v) is 5.86. The van der Waals surface area contributed by atoms with Crippen LogP contribution in [0.25, 0.3) is 0 Å². The number of hydrogen-bond acceptors (Lipinski definition) is 0. The Morgan fingerprint density at radius 2 is 1.06 bits per heavy atom. The highest BCUT2D eigenvalue weighted by molar-refractivity contribution is 5.49. The van der Waals surface area contributed by atoms with Crippen LogP contribution in [0.4, 0.5) is 8.78 Å². The Hall–Kier alpha value is -3.36. The Labute approximate surface area is 203 Å². The molecule has 0 fully saturated rings. The molecule has 0 radical (unpaired) electrons. The van der Waals surface area contributed by atoms with Gasteiger partial charge in [0.05, 0.1) is 5.56 Å². The highest BCUT2D eigenvalue weighted by Crippen LogP contribution is 2.15. The molecule has 174 valence electrons. The van der Waals surface area contributed by atoms with Gasteiger partial charge in [0, 0.05) is 16.7 Å². The lowest BCUT2D eigenvalue weighted by Crippen LogP contribution is -1.93. The van der Waals surface area contributed by atoms with E-state index in [0.717, 1.165) is 24.0 Å². The second-order valence-electron chi connectivity index (χ2n) is 8.58. The van der Waals surface area contributed by atoms with Crippen LogP contribution >= 0.6 is 0 Å². The molecule has 0 atom stereocenters. The van der Waals surface area contributed by atoms with Crippen LogP contribution in [-0.4, -0.2) is 0 Å². The zero-order valence-electron chi connectivity index (χ0n) is 20.2. The third kappa shape index (κ3) is 7.90. The second kappa shape index (κ2) is 13.4. The van der Waals surface area contributed by atoms with Gasteiger partial charge in [0.25, 0.3) is 0 Å². The molecule has 0 aliphatic carbocycles. The molecule has 2 heteroatoms. The molecule has 3 rings (SSSR count). The van der Waals surface area contributed by atoms with Gasteiger partial charge in [-0.05, 0) is 66.8 Å². The molecule has 0 amide bonds. The summed E-state index contributed by atoms with van der Waals surface area (Å²) in [5.41, 5.74) is 4.10. The van der Waals surface area contributed by atoms with Crippen LogP contribution in [0.15, 0.2) is 60.7 Å². The number of benzene rings is 3. The van der Waals surface area contributed by atoms with Crippen LogP contribution in [0.2, 0.25) is 0 Å². The molecule has 3 aromatic rings. The van der Waals surface area contributed by atoms with Gasteiger partial charge in [-0.25, -0.2) is 8.78 Å². The standard InChI is InChI=1S/C32H32F2/c1-3-5-6-7-8-9-10-26-15-17-27(18-16-26)19-20-29-23-31(33)30(32(34)24-29)22-21-28-13-11-25(4-2)12-14-28/h11-18,23-24H,3-10H2,1-2H3. The van der Waals surface area contributed by atoms with Crippen molar-refractivity contribution in [2.75, 3.05) is 0 Å². The Kier molecular flexibility index (Phi) is 9.94. The molecular weight excluding hydrogens is 422 g/mol. The summed E-state index contributed by atoms with van der Waals surface area (Å²) in [6.45, 7) is 4.30. The van der Waals surface area contributed by atoms with Crippen molar-refractivity contribution >= 4 is 0 Å². The maximum absolute atomic E-state index is 14.5. The van der Waals surface area contributed by atoms with Crippen molar-refractivity contribution in [3.05, 3.63) is 106 Å². The van der Waals surface area contributed by atoms with Crippen molar-refractivity contribution in [3.63, 3.8) is 0 Å². The van der Waals surface area contributed by atoms with E-state index in [9.17, 15) is 8.78 Å². The monoisotopic (exact) mass is 454 g/mol. The van der Waals surface area contributed by atoms with Crippen molar-refractivity contribution in [2.24, 2.45) is 0 Å². The van der Waals surface area contributed by atoms with Gasteiger partial charge < -0.3 is 0 Å². The molecule has 0 saturated heterocycles. The summed E-state index contributed by atoms with van der Waals surface area (Å²) in [7, 11) is 0. The summed E-state index contributed by atoms with van der Waals surface area (Å²) in [6, 6.07) is 18.3. The molecule has 0 nitrogen and oxygen atoms in total. The minimum atomic E-state index is -0.698. The van der Waals surface area contributed by atoms with Crippen LogP contribution in [0.5, 0.6) is 0 Å². The molecule has 0 saturated carbocycles. The van der Waals surface area contributed by atoms with Crippen molar-refractivity contribution in [2.45, 2.75) is 65.2 Å². The predicted octanol–water partition coefficient (Wildman–Crippen LogP) is 8.23. The van der Waals surface area contributed by atoms with E-state index >= 15 is 0 Å². The first-order valence-electron chi connectivity index (χ1n) is 12.3. The maximum atomic E-state index is 14.5. The third-order valence-electron chi connectivity index (χ3n) is 5.86. The van der Waals surface area contributed by atoms with Gasteiger partial charge in [0.2, 0.25) is 0 Å². The Bertz CT molecular complexity index is 1160. The lowest BCUT2D eigenvalue weighted by molar-refractivity contribution is 0.577. The quantitative estimate of drug-likeness (QED) is 0.237. The van der Waals surface area contributed by atoms with Crippen LogP contribution in [0.3, 0.4) is 0 Å². The Balaban J connectivity index is 1.62. The topological polar surface area (TPSA) is 0 Å². The summed E-state index contributed by atoms with van der Waals surface area (Å²) in [5, 5.41) is 0. The summed E-state index contributed by atoms with van der Waals surface area (Å²) in [5.74, 6) is 9.94. The van der Waals surface area contributed by atoms with Gasteiger partial charge >= 0.3 is 0 Å². The second-order valence-corrected chi connectivity index (χ2v) is 8.58. The van der Waals surface area contributed by atoms with E-state index in [1.807, 2.05) is 36.4 Å². The van der Waals surface area contributed by atoms with Crippen molar-refractivity contribution in [1.82, 2.24) is 0 Å². The van der Waals surface area contributed by atoms with Crippen molar-refractivity contribution in [3.8, 4) is 23.7 Å². The molecule has 0 unspecified atom stereocenters. The summed E-state index contributed by atoms with van der Waals surface area (Å²) in [6.07, 6.45) is 9.70. The number of halogens is 2. The fourth-order valence-electron chi connectivity index (χ4n) is 3.73. The highest BCUT2D eigenvalue weighted by atomic mass is 19.1. The average molecular weight is 455 g/mol. The van der Waals surface area contributed by atoms with Crippen LogP contribution in [0.1, 0.15) is 85.8 Å². The Morgan fingerprint density at radius 3 is 1.65 bits per heavy atom. The number of hydrogen-bond donors (Lipinski definition) is 0. The number of unbranched alkanes of at least 4 members (excludes halogenated alkanes) is 5. The van der Waals surface area contributed by atoms with Crippen LogP contribution in [-0.2, 0) is 12.8 Å². The van der Waals surface area contributed by atoms with Crippen LogP contribution in [0, 0.1) is 35.3 Å². The predicted molar refractivity (Wildman–Crippen MR) is 138 cm³/mol. The molecule has 0 bridgehead atoms. The van der Waals surface area contributed by atoms with Gasteiger partial charge in [0.15, 0.2) is 0 Å². The fourth-order valence-corrected chi connectivity index (χ4v) is 3.73. The molecular formula is C32H32F2. The zero-order valence-corrected chi connectivity index (χ0v) is 20.2. The van der Waals surface area contributed by atoms with Gasteiger partial charge in [-0.2, -0.15) is 0 Å². The number of aryl methyl sites for hydroxylation is 2. The van der Waals surface area contributed by atoms with E-state index in [2.05, 4.69) is 49.7 Å². The smallest absolute Gasteiger partial charge is 0.143 e. The average Bonchev–Trinajstić information content (AvgIpc) is 2.85. The Morgan fingerprint density at radius 1 is 0.559 bits per heavy atom. The van der Waals surface area contributed by atoms with Crippen molar-refractivity contribution in [1.29, 1.82) is 0 Å². The first kappa shape index (κ1) is 25.3. The summed E-state index contributed by atoms with van der Waals surface area (Å²) < 4.78 is 29.0. The SMILES string of the molecule is CCCCCCCCc1ccc(C#Cc2cc(F)c(C#Cc3ccc(CC)cc3)c(F)c2)cc1. The minimum absolute atomic E-state index is 0.232. The first-order chi connectivity index (χ1) is 16.6. The van der Waals surface area contributed by atoms with E-state index in [4.69, 9.17) is 0 Å². The van der Waals surface area contributed by atoms with Gasteiger partial charge in [-0.3, -0.25) is 0 Å². The molecule has 34 heavy (non-hydrogen) atoms. The van der Waals surface area contributed by atoms with Gasteiger partial charge in [-0.15, -0.1) is 0 Å². The van der Waals surface area contributed by atoms with E-state index in [1.54, 1.807) is 0 Å². The van der Waals surface area contributed by atoms with E-state index in [0.29, 0.717) is 5.56 Å². The van der Waals surface area contributed by atoms with Gasteiger partial charge in [0.1, 0.15) is 11.6 Å². The molecule has 0 aliphatic heterocycles. The molecule has 0 aliphatic rings. The maximum Gasteiger partial charge on any atom is 0.143 e. The van der Waals surface area contributed by atoms with E-state index in [1.165, 1.54) is 61.8 Å². The normalized spacial score (nSPS) is 10.2. The van der Waals surface area contributed by atoms with E-state index < -0.39 is 11.6 Å². The summed E-state index contributed by atoms with van der Waals surface area (Å²) in [4.78, 5) is 0. The molecule has 3 aromatic carbocycles. The lowest BCUT2D eigenvalue weighted by atomic mass is 10.0. The lowest BCUT2D eigenvalue weighted by Gasteiger charge is -2.02. The zero-order chi connectivity index (χ0) is 24.2. The first-order valence-corrected chi connectivity index (χ1v) is 12.3. The molecule has 0 heterocycles. The van der Waals surface area contributed by atoms with Crippen molar-refractivity contribution < 1.29 is 8.78 Å². The molecule has 0 N–H and O–H groups in total. The van der Waals surface area contributed by atoms with Gasteiger partial charge in [-0.1, -0.05) is 93.9 Å². The largest absolute Gasteiger partial charge is 0.205 e. The minimum Gasteiger partial charge on any atom is -0.205 e. The fraction of sp³-hybridized carbons (Fsp3) is 0.312. The summed E-state index contributed by atoms with van der Waals surface area (Å²) >= 11 is 0.